The molecule has 2 aromatic heterocycles. The van der Waals surface area contributed by atoms with E-state index in [1.165, 1.54) is 5.56 Å². The number of benzene rings is 1. The normalized spacial score (nSPS) is 16.3. The van der Waals surface area contributed by atoms with Crippen LogP contribution < -0.4 is 10.2 Å². The van der Waals surface area contributed by atoms with Crippen LogP contribution in [0, 0.1) is 26.7 Å². The Labute approximate surface area is 189 Å². The van der Waals surface area contributed by atoms with Crippen LogP contribution in [0.5, 0.6) is 0 Å². The lowest BCUT2D eigenvalue weighted by Crippen LogP contribution is -2.34. The molecule has 4 rings (SSSR count). The van der Waals surface area contributed by atoms with E-state index in [9.17, 15) is 4.79 Å². The fourth-order valence-corrected chi connectivity index (χ4v) is 4.38. The molecule has 32 heavy (non-hydrogen) atoms. The van der Waals surface area contributed by atoms with Gasteiger partial charge in [0.15, 0.2) is 5.82 Å². The third-order valence-electron chi connectivity index (χ3n) is 6.20. The van der Waals surface area contributed by atoms with E-state index in [-0.39, 0.29) is 11.8 Å². The van der Waals surface area contributed by atoms with E-state index in [0.29, 0.717) is 13.1 Å². The maximum atomic E-state index is 12.6. The minimum Gasteiger partial charge on any atom is -0.356 e. The zero-order chi connectivity index (χ0) is 22.8. The highest BCUT2D eigenvalue weighted by Crippen LogP contribution is 2.32. The lowest BCUT2D eigenvalue weighted by Gasteiger charge is -2.17. The van der Waals surface area contributed by atoms with E-state index < -0.39 is 0 Å². The molecule has 3 heterocycles. The van der Waals surface area contributed by atoms with E-state index in [1.54, 1.807) is 0 Å². The summed E-state index contributed by atoms with van der Waals surface area (Å²) in [6.07, 6.45) is 1.77. The summed E-state index contributed by atoms with van der Waals surface area (Å²) in [5.74, 6) is 0.860. The van der Waals surface area contributed by atoms with Gasteiger partial charge in [0.2, 0.25) is 5.91 Å². The predicted octanol–water partition coefficient (Wildman–Crippen LogP) is 2.63. The van der Waals surface area contributed by atoms with Crippen molar-refractivity contribution in [1.29, 1.82) is 0 Å². The molecule has 1 atom stereocenters. The third kappa shape index (κ3) is 4.46. The molecule has 1 amide bonds. The summed E-state index contributed by atoms with van der Waals surface area (Å²) in [5, 5.41) is 18.0. The zero-order valence-corrected chi connectivity index (χ0v) is 19.7. The molecular formula is C24H33N7O. The van der Waals surface area contributed by atoms with Gasteiger partial charge in [0.05, 0.1) is 28.4 Å². The van der Waals surface area contributed by atoms with Gasteiger partial charge in [-0.1, -0.05) is 17.7 Å². The number of aryl methyl sites for hydroxylation is 3. The van der Waals surface area contributed by atoms with E-state index in [1.807, 2.05) is 25.7 Å². The fraction of sp³-hybridized carbons (Fsp3) is 0.500. The highest BCUT2D eigenvalue weighted by Gasteiger charge is 2.31. The van der Waals surface area contributed by atoms with Crippen LogP contribution >= 0.6 is 0 Å². The minimum absolute atomic E-state index is 0.0345. The van der Waals surface area contributed by atoms with Crippen molar-refractivity contribution >= 4 is 22.6 Å². The van der Waals surface area contributed by atoms with Crippen LogP contribution in [-0.4, -0.2) is 71.1 Å². The average molecular weight is 436 g/mol. The molecule has 0 aliphatic carbocycles. The number of carbonyl (C=O) groups is 1. The molecule has 1 fully saturated rings. The van der Waals surface area contributed by atoms with Crippen molar-refractivity contribution in [2.24, 2.45) is 5.92 Å². The van der Waals surface area contributed by atoms with Gasteiger partial charge in [-0.2, -0.15) is 10.2 Å². The Hall–Kier alpha value is -3.00. The number of hydrogen-bond acceptors (Lipinski definition) is 6. The molecule has 0 spiro atoms. The Morgan fingerprint density at radius 2 is 1.91 bits per heavy atom. The smallest absolute Gasteiger partial charge is 0.224 e. The van der Waals surface area contributed by atoms with Gasteiger partial charge in [-0.3, -0.25) is 4.79 Å². The van der Waals surface area contributed by atoms with Gasteiger partial charge in [0.1, 0.15) is 5.52 Å². The number of hydrogen-bond donors (Lipinski definition) is 1. The van der Waals surface area contributed by atoms with Crippen LogP contribution in [0.1, 0.15) is 29.8 Å². The quantitative estimate of drug-likeness (QED) is 0.575. The van der Waals surface area contributed by atoms with Crippen molar-refractivity contribution in [1.82, 2.24) is 30.2 Å². The SMILES string of the molecule is Cc1ccc(-n2nc3c(N4CCC(C(=O)NCCCN(C)C)C4)nnc(C)c3c2C)cc1. The number of nitrogens with one attached hydrogen (secondary N) is 1. The predicted molar refractivity (Wildman–Crippen MR) is 127 cm³/mol. The molecule has 1 saturated heterocycles. The lowest BCUT2D eigenvalue weighted by atomic mass is 10.1. The number of amides is 1. The summed E-state index contributed by atoms with van der Waals surface area (Å²) in [6.45, 7) is 9.22. The molecule has 1 aliphatic heterocycles. The molecule has 170 valence electrons. The van der Waals surface area contributed by atoms with Crippen LogP contribution in [0.3, 0.4) is 0 Å². The molecular weight excluding hydrogens is 402 g/mol. The molecule has 0 bridgehead atoms. The molecule has 0 saturated carbocycles. The van der Waals surface area contributed by atoms with Crippen molar-refractivity contribution in [3.8, 4) is 5.69 Å². The van der Waals surface area contributed by atoms with Gasteiger partial charge in [0.25, 0.3) is 0 Å². The van der Waals surface area contributed by atoms with Crippen LogP contribution in [-0.2, 0) is 4.79 Å². The summed E-state index contributed by atoms with van der Waals surface area (Å²) in [4.78, 5) is 16.9. The molecule has 8 heteroatoms. The number of aromatic nitrogens is 4. The topological polar surface area (TPSA) is 79.2 Å². The second-order valence-corrected chi connectivity index (χ2v) is 9.04. The molecule has 8 nitrogen and oxygen atoms in total. The first-order chi connectivity index (χ1) is 15.3. The zero-order valence-electron chi connectivity index (χ0n) is 19.7. The van der Waals surface area contributed by atoms with Gasteiger partial charge in [-0.25, -0.2) is 4.68 Å². The van der Waals surface area contributed by atoms with Crippen molar-refractivity contribution in [2.75, 3.05) is 45.2 Å². The maximum Gasteiger partial charge on any atom is 0.224 e. The van der Waals surface area contributed by atoms with E-state index in [0.717, 1.165) is 59.7 Å². The van der Waals surface area contributed by atoms with Crippen LogP contribution in [0.25, 0.3) is 16.6 Å². The van der Waals surface area contributed by atoms with Crippen molar-refractivity contribution in [3.05, 3.63) is 41.2 Å². The fourth-order valence-electron chi connectivity index (χ4n) is 4.38. The molecule has 1 unspecified atom stereocenters. The average Bonchev–Trinajstić information content (AvgIpc) is 3.38. The number of anilines is 1. The molecule has 1 aromatic carbocycles. The van der Waals surface area contributed by atoms with Gasteiger partial charge in [0, 0.05) is 19.6 Å². The Morgan fingerprint density at radius 1 is 1.16 bits per heavy atom. The van der Waals surface area contributed by atoms with E-state index in [4.69, 9.17) is 5.10 Å². The van der Waals surface area contributed by atoms with Gasteiger partial charge in [-0.15, -0.1) is 5.10 Å². The first kappa shape index (κ1) is 22.2. The summed E-state index contributed by atoms with van der Waals surface area (Å²) in [5.41, 5.74) is 5.00. The van der Waals surface area contributed by atoms with E-state index in [2.05, 4.69) is 63.4 Å². The van der Waals surface area contributed by atoms with Crippen LogP contribution in [0.15, 0.2) is 24.3 Å². The van der Waals surface area contributed by atoms with Crippen molar-refractivity contribution < 1.29 is 4.79 Å². The highest BCUT2D eigenvalue weighted by molar-refractivity contribution is 5.93. The second kappa shape index (κ2) is 9.24. The lowest BCUT2D eigenvalue weighted by molar-refractivity contribution is -0.124. The second-order valence-electron chi connectivity index (χ2n) is 9.04. The van der Waals surface area contributed by atoms with Crippen molar-refractivity contribution in [3.63, 3.8) is 0 Å². The summed E-state index contributed by atoms with van der Waals surface area (Å²) >= 11 is 0. The van der Waals surface area contributed by atoms with Gasteiger partial charge < -0.3 is 15.1 Å². The molecule has 3 aromatic rings. The largest absolute Gasteiger partial charge is 0.356 e. The number of rotatable bonds is 7. The monoisotopic (exact) mass is 435 g/mol. The molecule has 1 N–H and O–H groups in total. The first-order valence-corrected chi connectivity index (χ1v) is 11.3. The Balaban J connectivity index is 1.55. The minimum atomic E-state index is -0.0345. The number of nitrogens with zero attached hydrogens (tertiary/aromatic N) is 6. The molecule has 0 radical (unpaired) electrons. The summed E-state index contributed by atoms with van der Waals surface area (Å²) in [7, 11) is 4.09. The van der Waals surface area contributed by atoms with Crippen LogP contribution in [0.4, 0.5) is 5.82 Å². The summed E-state index contributed by atoms with van der Waals surface area (Å²) < 4.78 is 1.97. The van der Waals surface area contributed by atoms with E-state index >= 15 is 0 Å². The summed E-state index contributed by atoms with van der Waals surface area (Å²) in [6, 6.07) is 8.34. The highest BCUT2D eigenvalue weighted by atomic mass is 16.1. The first-order valence-electron chi connectivity index (χ1n) is 11.3. The Morgan fingerprint density at radius 3 is 2.62 bits per heavy atom. The number of fused-ring (bicyclic) bond motifs is 1. The Kier molecular flexibility index (Phi) is 6.41. The van der Waals surface area contributed by atoms with Crippen molar-refractivity contribution in [2.45, 2.75) is 33.6 Å². The molecule has 1 aliphatic rings. The van der Waals surface area contributed by atoms with Crippen LogP contribution in [0.2, 0.25) is 0 Å². The number of carbonyl (C=O) groups excluding carboxylic acids is 1. The van der Waals surface area contributed by atoms with Gasteiger partial charge >= 0.3 is 0 Å². The standard InChI is InChI=1S/C24H33N7O/c1-16-7-9-20(10-8-16)31-18(3)21-17(2)26-27-23(22(21)28-31)30-14-11-19(15-30)24(32)25-12-6-13-29(4)5/h7-10,19H,6,11-15H2,1-5H3,(H,25,32). The maximum absolute atomic E-state index is 12.6. The van der Waals surface area contributed by atoms with Gasteiger partial charge in [-0.05, 0) is 66.4 Å². The third-order valence-corrected chi connectivity index (χ3v) is 6.20. The Bertz CT molecular complexity index is 1100.